The van der Waals surface area contributed by atoms with Gasteiger partial charge in [-0.3, -0.25) is 9.69 Å². The third kappa shape index (κ3) is 4.12. The van der Waals surface area contributed by atoms with Crippen LogP contribution in [0.1, 0.15) is 39.5 Å². The lowest BCUT2D eigenvalue weighted by Crippen LogP contribution is -2.50. The zero-order chi connectivity index (χ0) is 14.4. The van der Waals surface area contributed by atoms with Crippen LogP contribution >= 0.6 is 11.8 Å². The van der Waals surface area contributed by atoms with E-state index < -0.39 is 0 Å². The largest absolute Gasteiger partial charge is 0.465 e. The monoisotopic (exact) mass is 301 g/mol. The van der Waals surface area contributed by atoms with Crippen LogP contribution in [-0.4, -0.2) is 60.3 Å². The van der Waals surface area contributed by atoms with Crippen LogP contribution in [0.25, 0.3) is 0 Å². The van der Waals surface area contributed by atoms with Crippen molar-refractivity contribution in [3.8, 4) is 0 Å². The molecule has 1 spiro atoms. The third-order valence-corrected chi connectivity index (χ3v) is 5.42. The molecule has 2 rings (SSSR count). The Morgan fingerprint density at radius 2 is 2.35 bits per heavy atom. The molecular weight excluding hydrogens is 274 g/mol. The van der Waals surface area contributed by atoms with E-state index in [2.05, 4.69) is 11.8 Å². The Labute approximate surface area is 126 Å². The molecule has 0 saturated carbocycles. The van der Waals surface area contributed by atoms with Crippen LogP contribution in [0.3, 0.4) is 0 Å². The lowest BCUT2D eigenvalue weighted by atomic mass is 9.89. The van der Waals surface area contributed by atoms with Crippen molar-refractivity contribution in [1.29, 1.82) is 0 Å². The second-order valence-corrected chi connectivity index (χ2v) is 6.86. The molecule has 2 unspecified atom stereocenters. The van der Waals surface area contributed by atoms with Gasteiger partial charge in [-0.1, -0.05) is 6.92 Å². The summed E-state index contributed by atoms with van der Waals surface area (Å²) < 4.78 is 11.2. The first-order valence-electron chi connectivity index (χ1n) is 7.80. The second-order valence-electron chi connectivity index (χ2n) is 5.76. The summed E-state index contributed by atoms with van der Waals surface area (Å²) in [5.41, 5.74) is 0.0776. The van der Waals surface area contributed by atoms with Gasteiger partial charge in [-0.05, 0) is 44.9 Å². The van der Waals surface area contributed by atoms with Crippen LogP contribution in [0, 0.1) is 0 Å². The van der Waals surface area contributed by atoms with Gasteiger partial charge in [-0.15, -0.1) is 0 Å². The second kappa shape index (κ2) is 7.66. The minimum Gasteiger partial charge on any atom is -0.465 e. The standard InChI is InChI=1S/C15H27NO3S/c1-3-7-16(11-14(17)18-4-2)13-5-8-19-15(10-13)6-9-20-12-15/h13H,3-12H2,1-2H3. The smallest absolute Gasteiger partial charge is 0.320 e. The van der Waals surface area contributed by atoms with Crippen molar-refractivity contribution >= 4 is 17.7 Å². The average Bonchev–Trinajstić information content (AvgIpc) is 2.86. The Morgan fingerprint density at radius 3 is 3.00 bits per heavy atom. The molecule has 0 radical (unpaired) electrons. The van der Waals surface area contributed by atoms with Gasteiger partial charge >= 0.3 is 5.97 Å². The number of rotatable bonds is 6. The predicted molar refractivity (Wildman–Crippen MR) is 82.1 cm³/mol. The molecule has 116 valence electrons. The van der Waals surface area contributed by atoms with E-state index in [0.29, 0.717) is 19.2 Å². The SMILES string of the molecule is CCCN(CC(=O)OCC)C1CCOC2(CCSC2)C1. The number of esters is 1. The maximum absolute atomic E-state index is 11.8. The fourth-order valence-corrected chi connectivity index (χ4v) is 4.61. The van der Waals surface area contributed by atoms with Crippen molar-refractivity contribution in [2.75, 3.05) is 37.8 Å². The Balaban J connectivity index is 1.95. The molecule has 2 fully saturated rings. The maximum Gasteiger partial charge on any atom is 0.320 e. The molecule has 20 heavy (non-hydrogen) atoms. The quantitative estimate of drug-likeness (QED) is 0.704. The summed E-state index contributed by atoms with van der Waals surface area (Å²) in [6.07, 6.45) is 4.33. The highest BCUT2D eigenvalue weighted by molar-refractivity contribution is 7.99. The molecule has 4 nitrogen and oxygen atoms in total. The highest BCUT2D eigenvalue weighted by Gasteiger charge is 2.42. The van der Waals surface area contributed by atoms with Gasteiger partial charge < -0.3 is 9.47 Å². The van der Waals surface area contributed by atoms with E-state index in [9.17, 15) is 4.79 Å². The van der Waals surface area contributed by atoms with Crippen LogP contribution in [0.2, 0.25) is 0 Å². The van der Waals surface area contributed by atoms with E-state index in [0.717, 1.165) is 44.6 Å². The summed E-state index contributed by atoms with van der Waals surface area (Å²) >= 11 is 1.99. The summed E-state index contributed by atoms with van der Waals surface area (Å²) in [4.78, 5) is 14.1. The first-order chi connectivity index (χ1) is 9.69. The highest BCUT2D eigenvalue weighted by Crippen LogP contribution is 2.39. The molecule has 0 aromatic carbocycles. The molecule has 0 aromatic heterocycles. The summed E-state index contributed by atoms with van der Waals surface area (Å²) in [6, 6.07) is 0.465. The van der Waals surface area contributed by atoms with E-state index in [1.54, 1.807) is 0 Å². The molecule has 0 aliphatic carbocycles. The summed E-state index contributed by atoms with van der Waals surface area (Å²) in [5, 5.41) is 0. The van der Waals surface area contributed by atoms with E-state index >= 15 is 0 Å². The first-order valence-corrected chi connectivity index (χ1v) is 8.96. The molecule has 0 N–H and O–H groups in total. The van der Waals surface area contributed by atoms with Crippen molar-refractivity contribution in [3.63, 3.8) is 0 Å². The molecule has 2 aliphatic rings. The summed E-state index contributed by atoms with van der Waals surface area (Å²) in [7, 11) is 0. The van der Waals surface area contributed by atoms with Crippen LogP contribution in [0.15, 0.2) is 0 Å². The Hall–Kier alpha value is -0.260. The van der Waals surface area contributed by atoms with Gasteiger partial charge in [0.2, 0.25) is 0 Å². The fraction of sp³-hybridized carbons (Fsp3) is 0.933. The third-order valence-electron chi connectivity index (χ3n) is 4.20. The van der Waals surface area contributed by atoms with Gasteiger partial charge in [0.15, 0.2) is 0 Å². The van der Waals surface area contributed by atoms with Crippen LogP contribution < -0.4 is 0 Å². The van der Waals surface area contributed by atoms with Crippen LogP contribution in [0.4, 0.5) is 0 Å². The van der Waals surface area contributed by atoms with Crippen molar-refractivity contribution in [3.05, 3.63) is 0 Å². The zero-order valence-corrected chi connectivity index (χ0v) is 13.5. The van der Waals surface area contributed by atoms with Crippen molar-refractivity contribution in [2.45, 2.75) is 51.2 Å². The normalized spacial score (nSPS) is 30.1. The van der Waals surface area contributed by atoms with Crippen LogP contribution in [0.5, 0.6) is 0 Å². The Bertz CT molecular complexity index is 318. The number of carbonyl (C=O) groups is 1. The lowest BCUT2D eigenvalue weighted by Gasteiger charge is -2.42. The number of hydrogen-bond donors (Lipinski definition) is 0. The van der Waals surface area contributed by atoms with Gasteiger partial charge in [-0.25, -0.2) is 0 Å². The number of hydrogen-bond acceptors (Lipinski definition) is 5. The minimum atomic E-state index is -0.0951. The van der Waals surface area contributed by atoms with E-state index in [-0.39, 0.29) is 11.6 Å². The maximum atomic E-state index is 11.8. The summed E-state index contributed by atoms with van der Waals surface area (Å²) in [5.74, 6) is 2.23. The Kier molecular flexibility index (Phi) is 6.18. The fourth-order valence-electron chi connectivity index (χ4n) is 3.23. The van der Waals surface area contributed by atoms with Gasteiger partial charge in [0, 0.05) is 18.4 Å². The van der Waals surface area contributed by atoms with Gasteiger partial charge in [0.1, 0.15) is 0 Å². The topological polar surface area (TPSA) is 38.8 Å². The first kappa shape index (κ1) is 16.1. The lowest BCUT2D eigenvalue weighted by molar-refractivity contribution is -0.147. The minimum absolute atomic E-state index is 0.0776. The molecule has 2 aliphatic heterocycles. The molecule has 5 heteroatoms. The van der Waals surface area contributed by atoms with Crippen molar-refractivity contribution < 1.29 is 14.3 Å². The van der Waals surface area contributed by atoms with E-state index in [1.165, 1.54) is 5.75 Å². The zero-order valence-electron chi connectivity index (χ0n) is 12.7. The molecule has 2 heterocycles. The van der Waals surface area contributed by atoms with Gasteiger partial charge in [0.05, 0.1) is 18.8 Å². The molecule has 0 amide bonds. The van der Waals surface area contributed by atoms with E-state index in [1.807, 2.05) is 18.7 Å². The number of carbonyl (C=O) groups excluding carboxylic acids is 1. The molecule has 0 aromatic rings. The summed E-state index contributed by atoms with van der Waals surface area (Å²) in [6.45, 7) is 6.71. The molecule has 0 bridgehead atoms. The average molecular weight is 301 g/mol. The number of thioether (sulfide) groups is 1. The predicted octanol–water partition coefficient (Wildman–Crippen LogP) is 2.32. The van der Waals surface area contributed by atoms with Crippen molar-refractivity contribution in [1.82, 2.24) is 4.90 Å². The molecular formula is C15H27NO3S. The molecule has 2 saturated heterocycles. The van der Waals surface area contributed by atoms with Gasteiger partial charge in [0.25, 0.3) is 0 Å². The van der Waals surface area contributed by atoms with Crippen LogP contribution in [-0.2, 0) is 14.3 Å². The number of ether oxygens (including phenoxy) is 2. The van der Waals surface area contributed by atoms with E-state index in [4.69, 9.17) is 9.47 Å². The molecule has 2 atom stereocenters. The Morgan fingerprint density at radius 1 is 1.50 bits per heavy atom. The number of nitrogens with zero attached hydrogens (tertiary/aromatic N) is 1. The van der Waals surface area contributed by atoms with Crippen molar-refractivity contribution in [2.24, 2.45) is 0 Å². The highest BCUT2D eigenvalue weighted by atomic mass is 32.2. The van der Waals surface area contributed by atoms with Gasteiger partial charge in [-0.2, -0.15) is 11.8 Å².